The fraction of sp³-hybridized carbons (Fsp3) is 0.514. The zero-order chi connectivity index (χ0) is 30.6. The molecule has 6 nitrogen and oxygen atoms in total. The second-order valence-corrected chi connectivity index (χ2v) is 10.4. The highest BCUT2D eigenvalue weighted by molar-refractivity contribution is 5.92. The minimum atomic E-state index is -0.0132. The lowest BCUT2D eigenvalue weighted by molar-refractivity contribution is -0.118. The normalized spacial score (nSPS) is 14.9. The summed E-state index contributed by atoms with van der Waals surface area (Å²) in [6.45, 7) is 14.9. The van der Waals surface area contributed by atoms with Crippen LogP contribution >= 0.6 is 0 Å². The van der Waals surface area contributed by atoms with Crippen LogP contribution in [-0.4, -0.2) is 51.8 Å². The number of hydrogen-bond donors (Lipinski definition) is 1. The number of ether oxygens (including phenoxy) is 3. The third kappa shape index (κ3) is 13.9. The molecule has 2 aromatic rings. The number of piperidine rings is 1. The molecule has 1 fully saturated rings. The lowest BCUT2D eigenvalue weighted by atomic mass is 9.89. The van der Waals surface area contributed by atoms with E-state index in [1.807, 2.05) is 78.0 Å². The minimum Gasteiger partial charge on any atom is -0.502 e. The molecule has 1 amide bonds. The molecule has 1 saturated heterocycles. The maximum absolute atomic E-state index is 12.0. The second-order valence-electron chi connectivity index (χ2n) is 10.4. The van der Waals surface area contributed by atoms with Crippen LogP contribution in [0.3, 0.4) is 0 Å². The quantitative estimate of drug-likeness (QED) is 0.231. The van der Waals surface area contributed by atoms with E-state index in [-0.39, 0.29) is 17.9 Å². The van der Waals surface area contributed by atoms with Crippen LogP contribution in [0.1, 0.15) is 84.0 Å². The van der Waals surface area contributed by atoms with Gasteiger partial charge >= 0.3 is 0 Å². The van der Waals surface area contributed by atoms with Gasteiger partial charge in [-0.3, -0.25) is 4.79 Å². The van der Waals surface area contributed by atoms with E-state index in [2.05, 4.69) is 40.5 Å². The van der Waals surface area contributed by atoms with Gasteiger partial charge in [-0.2, -0.15) is 0 Å². The van der Waals surface area contributed by atoms with Crippen LogP contribution < -0.4 is 10.1 Å². The van der Waals surface area contributed by atoms with Crippen molar-refractivity contribution in [1.82, 2.24) is 4.90 Å². The van der Waals surface area contributed by atoms with Gasteiger partial charge in [0, 0.05) is 25.3 Å². The number of likely N-dealkylation sites (tertiary alicyclic amines) is 1. The van der Waals surface area contributed by atoms with Crippen LogP contribution in [-0.2, 0) is 14.3 Å². The molecule has 1 unspecified atom stereocenters. The molecule has 0 aliphatic carbocycles. The third-order valence-corrected chi connectivity index (χ3v) is 7.28. The molecule has 0 aromatic heterocycles. The first-order chi connectivity index (χ1) is 19.7. The number of nitrogens with zero attached hydrogens (tertiary/aromatic N) is 1. The number of carbonyl (C=O) groups is 1. The second kappa shape index (κ2) is 20.7. The van der Waals surface area contributed by atoms with Crippen LogP contribution in [0.2, 0.25) is 0 Å². The molecule has 1 aliphatic heterocycles. The Bertz CT molecular complexity index is 1030. The first-order valence-electron chi connectivity index (χ1n) is 14.8. The Balaban J connectivity index is 0.000000722. The van der Waals surface area contributed by atoms with Crippen LogP contribution in [0, 0.1) is 5.92 Å². The number of hydrogen-bond acceptors (Lipinski definition) is 5. The van der Waals surface area contributed by atoms with Crippen molar-refractivity contribution in [1.29, 1.82) is 0 Å². The van der Waals surface area contributed by atoms with Crippen molar-refractivity contribution in [2.75, 3.05) is 46.3 Å². The van der Waals surface area contributed by atoms with E-state index in [0.717, 1.165) is 56.1 Å². The Labute approximate surface area is 249 Å². The lowest BCUT2D eigenvalue weighted by Gasteiger charge is -2.33. The molecule has 1 aliphatic rings. The molecular formula is C35H54N2O4. The van der Waals surface area contributed by atoms with Crippen molar-refractivity contribution >= 4 is 11.6 Å². The van der Waals surface area contributed by atoms with E-state index in [1.165, 1.54) is 11.1 Å². The Morgan fingerprint density at radius 3 is 2.10 bits per heavy atom. The molecule has 0 radical (unpaired) electrons. The zero-order valence-corrected chi connectivity index (χ0v) is 26.9. The maximum Gasteiger partial charge on any atom is 0.226 e. The van der Waals surface area contributed by atoms with Crippen molar-refractivity contribution in [2.45, 2.75) is 72.8 Å². The average molecular weight is 567 g/mol. The number of amides is 1. The number of carbonyl (C=O) groups excluding carboxylic acids is 1. The van der Waals surface area contributed by atoms with Gasteiger partial charge in [0.1, 0.15) is 5.75 Å². The van der Waals surface area contributed by atoms with Gasteiger partial charge in [-0.05, 0) is 101 Å². The van der Waals surface area contributed by atoms with E-state index in [1.54, 1.807) is 21.3 Å². The molecule has 0 saturated carbocycles. The summed E-state index contributed by atoms with van der Waals surface area (Å²) in [6, 6.07) is 16.5. The van der Waals surface area contributed by atoms with E-state index >= 15 is 0 Å². The maximum atomic E-state index is 12.0. The van der Waals surface area contributed by atoms with E-state index in [4.69, 9.17) is 14.2 Å². The fourth-order valence-electron chi connectivity index (χ4n) is 4.30. The Morgan fingerprint density at radius 2 is 1.63 bits per heavy atom. The highest BCUT2D eigenvalue weighted by Gasteiger charge is 2.22. The van der Waals surface area contributed by atoms with Gasteiger partial charge in [0.15, 0.2) is 0 Å². The summed E-state index contributed by atoms with van der Waals surface area (Å²) in [5.74, 6) is 2.44. The van der Waals surface area contributed by atoms with Crippen molar-refractivity contribution in [3.05, 3.63) is 83.6 Å². The Morgan fingerprint density at radius 1 is 1.00 bits per heavy atom. The molecule has 0 bridgehead atoms. The van der Waals surface area contributed by atoms with Gasteiger partial charge in [-0.15, -0.1) is 0 Å². The van der Waals surface area contributed by atoms with Crippen LogP contribution in [0.4, 0.5) is 5.69 Å². The van der Waals surface area contributed by atoms with Crippen LogP contribution in [0.5, 0.6) is 5.75 Å². The molecule has 1 heterocycles. The number of allylic oxidation sites excluding steroid dienone is 4. The average Bonchev–Trinajstić information content (AvgIpc) is 3.02. The van der Waals surface area contributed by atoms with Gasteiger partial charge in [0.05, 0.1) is 26.1 Å². The summed E-state index contributed by atoms with van der Waals surface area (Å²) in [5.41, 5.74) is 3.42. The summed E-state index contributed by atoms with van der Waals surface area (Å²) < 4.78 is 15.8. The van der Waals surface area contributed by atoms with E-state index in [9.17, 15) is 4.79 Å². The predicted molar refractivity (Wildman–Crippen MR) is 173 cm³/mol. The summed E-state index contributed by atoms with van der Waals surface area (Å²) in [6.07, 6.45) is 9.28. The molecule has 2 aromatic carbocycles. The highest BCUT2D eigenvalue weighted by atomic mass is 16.5. The first-order valence-corrected chi connectivity index (χ1v) is 14.8. The summed E-state index contributed by atoms with van der Waals surface area (Å²) in [4.78, 5) is 14.5. The molecule has 41 heavy (non-hydrogen) atoms. The molecule has 0 spiro atoms. The van der Waals surface area contributed by atoms with Gasteiger partial charge in [-0.25, -0.2) is 0 Å². The van der Waals surface area contributed by atoms with Gasteiger partial charge in [-0.1, -0.05) is 56.3 Å². The number of anilines is 1. The summed E-state index contributed by atoms with van der Waals surface area (Å²) in [5, 5.41) is 3.02. The van der Waals surface area contributed by atoms with Crippen LogP contribution in [0.25, 0.3) is 0 Å². The molecule has 1 N–H and O–H groups in total. The number of nitrogens with one attached hydrogen (secondary N) is 1. The first kappa shape index (κ1) is 35.9. The van der Waals surface area contributed by atoms with E-state index in [0.29, 0.717) is 5.92 Å². The van der Waals surface area contributed by atoms with Crippen molar-refractivity contribution < 1.29 is 19.0 Å². The van der Waals surface area contributed by atoms with Crippen molar-refractivity contribution in [3.8, 4) is 5.75 Å². The molecule has 3 rings (SSSR count). The van der Waals surface area contributed by atoms with Gasteiger partial charge < -0.3 is 24.4 Å². The van der Waals surface area contributed by atoms with Crippen molar-refractivity contribution in [3.63, 3.8) is 0 Å². The fourth-order valence-corrected chi connectivity index (χ4v) is 4.30. The summed E-state index contributed by atoms with van der Waals surface area (Å²) >= 11 is 0. The molecule has 228 valence electrons. The van der Waals surface area contributed by atoms with E-state index < -0.39 is 0 Å². The van der Waals surface area contributed by atoms with Crippen LogP contribution in [0.15, 0.2) is 72.5 Å². The van der Waals surface area contributed by atoms with Gasteiger partial charge in [0.2, 0.25) is 5.91 Å². The highest BCUT2D eigenvalue weighted by Crippen LogP contribution is 2.31. The largest absolute Gasteiger partial charge is 0.502 e. The number of benzene rings is 2. The van der Waals surface area contributed by atoms with Crippen molar-refractivity contribution in [2.24, 2.45) is 5.92 Å². The molecule has 1 atom stereocenters. The predicted octanol–water partition coefficient (Wildman–Crippen LogP) is 8.39. The Hall–Kier alpha value is -3.09. The standard InChI is InChI=1S/C26H36N2O3.C5H10O.C4H8/c1-19(2)26(29)27-23-7-5-6-22(18-23)20-12-15-28(16-13-20)17-14-25(31-4)21-8-10-24(30-3)11-9-21;1-4-5(2)6-3;1-3-4-2/h5-11,18-20,25H,12-17H2,1-4H3,(H,27,29);4H,1-3H3;3-4H,1-2H3/b;5-4+;4-3-. The topological polar surface area (TPSA) is 60.0 Å². The molecular weight excluding hydrogens is 512 g/mol. The third-order valence-electron chi connectivity index (χ3n) is 7.28. The Kier molecular flexibility index (Phi) is 18.2. The monoisotopic (exact) mass is 566 g/mol. The lowest BCUT2D eigenvalue weighted by Crippen LogP contribution is -2.34. The van der Waals surface area contributed by atoms with Gasteiger partial charge in [0.25, 0.3) is 0 Å². The smallest absolute Gasteiger partial charge is 0.226 e. The minimum absolute atomic E-state index is 0.0132. The SMILES string of the molecule is C/C=C(\C)OC.C/C=C\C.COc1ccc(C(CCN2CCC(c3cccc(NC(=O)C(C)C)c3)CC2)OC)cc1. The summed E-state index contributed by atoms with van der Waals surface area (Å²) in [7, 11) is 5.13. The number of methoxy groups -OCH3 is 3. The molecule has 6 heteroatoms. The number of rotatable bonds is 10. The zero-order valence-electron chi connectivity index (χ0n) is 26.9.